The molecule has 0 saturated heterocycles. The van der Waals surface area contributed by atoms with E-state index >= 15 is 0 Å². The second-order valence-corrected chi connectivity index (χ2v) is 7.79. The van der Waals surface area contributed by atoms with E-state index in [0.717, 1.165) is 10.9 Å². The predicted octanol–water partition coefficient (Wildman–Crippen LogP) is 4.30. The van der Waals surface area contributed by atoms with Crippen molar-refractivity contribution in [3.63, 3.8) is 0 Å². The van der Waals surface area contributed by atoms with Crippen molar-refractivity contribution in [1.29, 1.82) is 0 Å². The van der Waals surface area contributed by atoms with Gasteiger partial charge in [-0.1, -0.05) is 25.0 Å². The standard InChI is InChI=1S/C23H29N3O4/c1-6-17(26-22(28)30-23(2,3)4)21-24-18(13-8-7-9-15-20(27)29-5)16-12-10-11-14-19(16)25-21/h10-12,14,17H,6-7,9,15H2,1-5H3,(H,26,28)/t17-/m0/s1. The van der Waals surface area contributed by atoms with Crippen LogP contribution in [0, 0.1) is 11.8 Å². The van der Waals surface area contributed by atoms with Crippen LogP contribution in [0.25, 0.3) is 10.9 Å². The molecule has 0 aliphatic heterocycles. The van der Waals surface area contributed by atoms with E-state index in [-0.39, 0.29) is 5.97 Å². The van der Waals surface area contributed by atoms with E-state index in [1.54, 1.807) is 0 Å². The molecule has 0 saturated carbocycles. The number of ether oxygens (including phenoxy) is 2. The molecular weight excluding hydrogens is 382 g/mol. The van der Waals surface area contributed by atoms with Crippen LogP contribution in [0.2, 0.25) is 0 Å². The van der Waals surface area contributed by atoms with E-state index in [1.807, 2.05) is 52.0 Å². The van der Waals surface area contributed by atoms with Gasteiger partial charge in [0, 0.05) is 18.2 Å². The second kappa shape index (κ2) is 10.6. The molecule has 0 spiro atoms. The number of hydrogen-bond donors (Lipinski definition) is 1. The topological polar surface area (TPSA) is 90.4 Å². The van der Waals surface area contributed by atoms with Crippen LogP contribution < -0.4 is 5.32 Å². The first-order chi connectivity index (χ1) is 14.2. The van der Waals surface area contributed by atoms with Crippen molar-refractivity contribution in [2.75, 3.05) is 7.11 Å². The molecule has 1 heterocycles. The minimum absolute atomic E-state index is 0.245. The fraction of sp³-hybridized carbons (Fsp3) is 0.478. The number of hydrogen-bond acceptors (Lipinski definition) is 6. The lowest BCUT2D eigenvalue weighted by molar-refractivity contribution is -0.140. The van der Waals surface area contributed by atoms with Gasteiger partial charge in [0.15, 0.2) is 5.82 Å². The second-order valence-electron chi connectivity index (χ2n) is 7.79. The highest BCUT2D eigenvalue weighted by Crippen LogP contribution is 2.20. The van der Waals surface area contributed by atoms with Gasteiger partial charge in [-0.05, 0) is 51.7 Å². The number of esters is 1. The highest BCUT2D eigenvalue weighted by atomic mass is 16.6. The highest BCUT2D eigenvalue weighted by molar-refractivity contribution is 5.83. The molecular formula is C23H29N3O4. The third-order valence-corrected chi connectivity index (χ3v) is 4.15. The molecule has 30 heavy (non-hydrogen) atoms. The van der Waals surface area contributed by atoms with Gasteiger partial charge in [0.1, 0.15) is 11.3 Å². The normalized spacial score (nSPS) is 11.9. The number of benzene rings is 1. The molecule has 0 unspecified atom stereocenters. The molecule has 160 valence electrons. The third kappa shape index (κ3) is 7.03. The number of unbranched alkanes of at least 4 members (excludes halogenated alkanes) is 1. The molecule has 1 aromatic heterocycles. The summed E-state index contributed by atoms with van der Waals surface area (Å²) in [5.74, 6) is 6.40. The average Bonchev–Trinajstić information content (AvgIpc) is 2.69. The maximum Gasteiger partial charge on any atom is 0.408 e. The van der Waals surface area contributed by atoms with Crippen molar-refractivity contribution in [3.05, 3.63) is 35.8 Å². The average molecular weight is 412 g/mol. The first-order valence-electron chi connectivity index (χ1n) is 10.1. The van der Waals surface area contributed by atoms with Gasteiger partial charge in [0.05, 0.1) is 18.7 Å². The van der Waals surface area contributed by atoms with Gasteiger partial charge in [-0.15, -0.1) is 0 Å². The van der Waals surface area contributed by atoms with E-state index in [4.69, 9.17) is 4.74 Å². The number of carbonyl (C=O) groups is 2. The Bertz CT molecular complexity index is 954. The van der Waals surface area contributed by atoms with Crippen molar-refractivity contribution < 1.29 is 19.1 Å². The summed E-state index contributed by atoms with van der Waals surface area (Å²) in [4.78, 5) is 32.7. The largest absolute Gasteiger partial charge is 0.469 e. The van der Waals surface area contributed by atoms with Crippen LogP contribution in [0.15, 0.2) is 24.3 Å². The summed E-state index contributed by atoms with van der Waals surface area (Å²) in [6.07, 6.45) is 1.59. The molecule has 0 radical (unpaired) electrons. The summed E-state index contributed by atoms with van der Waals surface area (Å²) in [7, 11) is 1.37. The van der Waals surface area contributed by atoms with Gasteiger partial charge < -0.3 is 14.8 Å². The zero-order chi connectivity index (χ0) is 22.1. The van der Waals surface area contributed by atoms with E-state index in [9.17, 15) is 9.59 Å². The van der Waals surface area contributed by atoms with Crippen molar-refractivity contribution in [2.24, 2.45) is 0 Å². The molecule has 0 fully saturated rings. The molecule has 1 aromatic carbocycles. The number of fused-ring (bicyclic) bond motifs is 1. The number of nitrogens with zero attached hydrogens (tertiary/aromatic N) is 2. The molecule has 1 amide bonds. The monoisotopic (exact) mass is 411 g/mol. The zero-order valence-electron chi connectivity index (χ0n) is 18.2. The van der Waals surface area contributed by atoms with Gasteiger partial charge in [-0.2, -0.15) is 0 Å². The lowest BCUT2D eigenvalue weighted by atomic mass is 10.1. The van der Waals surface area contributed by atoms with E-state index in [0.29, 0.717) is 37.2 Å². The minimum Gasteiger partial charge on any atom is -0.469 e. The van der Waals surface area contributed by atoms with Crippen molar-refractivity contribution >= 4 is 23.0 Å². The van der Waals surface area contributed by atoms with Crippen LogP contribution in [0.1, 0.15) is 70.9 Å². The Hall–Kier alpha value is -3.14. The number of carbonyl (C=O) groups excluding carboxylic acids is 2. The van der Waals surface area contributed by atoms with E-state index in [2.05, 4.69) is 31.9 Å². The summed E-state index contributed by atoms with van der Waals surface area (Å²) in [5, 5.41) is 3.68. The first-order valence-corrected chi connectivity index (χ1v) is 10.1. The fourth-order valence-corrected chi connectivity index (χ4v) is 2.71. The quantitative estimate of drug-likeness (QED) is 0.433. The number of amides is 1. The maximum atomic E-state index is 12.2. The molecule has 7 heteroatoms. The summed E-state index contributed by atoms with van der Waals surface area (Å²) in [5.41, 5.74) is 0.761. The molecule has 0 aliphatic carbocycles. The maximum absolute atomic E-state index is 12.2. The van der Waals surface area contributed by atoms with Gasteiger partial charge in [-0.3, -0.25) is 4.79 Å². The number of alkyl carbamates (subject to hydrolysis) is 1. The molecule has 7 nitrogen and oxygen atoms in total. The fourth-order valence-electron chi connectivity index (χ4n) is 2.71. The predicted molar refractivity (Wildman–Crippen MR) is 115 cm³/mol. The molecule has 0 aliphatic rings. The Morgan fingerprint density at radius 2 is 1.93 bits per heavy atom. The van der Waals surface area contributed by atoms with Crippen LogP contribution in [-0.2, 0) is 14.3 Å². The smallest absolute Gasteiger partial charge is 0.408 e. The molecule has 2 aromatic rings. The Kier molecular flexibility index (Phi) is 8.16. The van der Waals surface area contributed by atoms with E-state index < -0.39 is 17.7 Å². The van der Waals surface area contributed by atoms with Crippen LogP contribution in [-0.4, -0.2) is 34.7 Å². The number of methoxy groups -OCH3 is 1. The molecule has 1 atom stereocenters. The van der Waals surface area contributed by atoms with Gasteiger partial charge >= 0.3 is 12.1 Å². The van der Waals surface area contributed by atoms with Crippen LogP contribution >= 0.6 is 0 Å². The zero-order valence-corrected chi connectivity index (χ0v) is 18.2. The van der Waals surface area contributed by atoms with E-state index in [1.165, 1.54) is 7.11 Å². The minimum atomic E-state index is -0.590. The van der Waals surface area contributed by atoms with Crippen molar-refractivity contribution in [1.82, 2.24) is 15.3 Å². The van der Waals surface area contributed by atoms with Gasteiger partial charge in [0.2, 0.25) is 0 Å². The number of rotatable bonds is 6. The van der Waals surface area contributed by atoms with Crippen molar-refractivity contribution in [3.8, 4) is 11.8 Å². The lowest BCUT2D eigenvalue weighted by Crippen LogP contribution is -2.35. The Balaban J connectivity index is 2.26. The first kappa shape index (κ1) is 23.1. The summed E-state index contributed by atoms with van der Waals surface area (Å²) >= 11 is 0. The summed E-state index contributed by atoms with van der Waals surface area (Å²) < 4.78 is 9.99. The number of aromatic nitrogens is 2. The number of para-hydroxylation sites is 1. The van der Waals surface area contributed by atoms with Gasteiger partial charge in [-0.25, -0.2) is 14.8 Å². The molecule has 2 rings (SSSR count). The Labute approximate surface area is 177 Å². The SMILES string of the molecule is CC[C@H](NC(=O)OC(C)(C)C)c1nc(C#CCCCC(=O)OC)c2ccccc2n1. The highest BCUT2D eigenvalue weighted by Gasteiger charge is 2.22. The summed E-state index contributed by atoms with van der Waals surface area (Å²) in [6, 6.07) is 7.21. The van der Waals surface area contributed by atoms with Crippen LogP contribution in [0.5, 0.6) is 0 Å². The Morgan fingerprint density at radius 3 is 2.60 bits per heavy atom. The summed E-state index contributed by atoms with van der Waals surface area (Å²) in [6.45, 7) is 7.38. The molecule has 0 bridgehead atoms. The lowest BCUT2D eigenvalue weighted by Gasteiger charge is -2.22. The Morgan fingerprint density at radius 1 is 1.20 bits per heavy atom. The van der Waals surface area contributed by atoms with Crippen molar-refractivity contribution in [2.45, 2.75) is 65.0 Å². The van der Waals surface area contributed by atoms with Crippen LogP contribution in [0.4, 0.5) is 4.79 Å². The number of nitrogens with one attached hydrogen (secondary N) is 1. The molecule has 1 N–H and O–H groups in total. The van der Waals surface area contributed by atoms with Gasteiger partial charge in [0.25, 0.3) is 0 Å². The van der Waals surface area contributed by atoms with Crippen LogP contribution in [0.3, 0.4) is 0 Å². The third-order valence-electron chi connectivity index (χ3n) is 4.15.